The lowest BCUT2D eigenvalue weighted by atomic mass is 10.0. The fraction of sp³-hybridized carbons (Fsp3) is 0.240. The van der Waals surface area contributed by atoms with Gasteiger partial charge in [-0.1, -0.05) is 30.3 Å². The highest BCUT2D eigenvalue weighted by atomic mass is 32.1. The molecule has 0 spiro atoms. The minimum absolute atomic E-state index is 0.139. The van der Waals surface area contributed by atoms with Gasteiger partial charge < -0.3 is 25.0 Å². The van der Waals surface area contributed by atoms with Gasteiger partial charge in [0.15, 0.2) is 0 Å². The summed E-state index contributed by atoms with van der Waals surface area (Å²) in [5.41, 5.74) is 2.96. The van der Waals surface area contributed by atoms with Gasteiger partial charge in [0.25, 0.3) is 5.91 Å². The number of hydrogen-bond acceptors (Lipinski definition) is 7. The first kappa shape index (κ1) is 22.0. The van der Waals surface area contributed by atoms with Crippen LogP contribution in [0, 0.1) is 0 Å². The molecule has 34 heavy (non-hydrogen) atoms. The van der Waals surface area contributed by atoms with Gasteiger partial charge in [0.2, 0.25) is 0 Å². The van der Waals surface area contributed by atoms with E-state index < -0.39 is 12.1 Å². The molecule has 0 bridgehead atoms. The largest absolute Gasteiger partial charge is 0.450 e. The first-order chi connectivity index (χ1) is 16.5. The van der Waals surface area contributed by atoms with Crippen LogP contribution in [0.2, 0.25) is 0 Å². The zero-order chi connectivity index (χ0) is 23.7. The van der Waals surface area contributed by atoms with Crippen LogP contribution in [-0.4, -0.2) is 36.0 Å². The Labute approximate surface area is 200 Å². The average Bonchev–Trinajstić information content (AvgIpc) is 3.23. The first-order valence-corrected chi connectivity index (χ1v) is 11.9. The number of amides is 2. The van der Waals surface area contributed by atoms with Crippen molar-refractivity contribution in [3.05, 3.63) is 81.7 Å². The topological polar surface area (TPSA) is 97.0 Å². The van der Waals surface area contributed by atoms with Gasteiger partial charge in [-0.15, -0.1) is 11.3 Å². The summed E-state index contributed by atoms with van der Waals surface area (Å²) in [6.07, 6.45) is -0.135. The molecule has 3 aromatic rings. The SMILES string of the molecule is CCOC(=O)N1CCc2c(sc3c2C(=O)N[C@@H](c2ccc(OC(=O)c4ccccc4)cc2)N3)C1. The number of benzene rings is 2. The third-order valence-corrected chi connectivity index (χ3v) is 6.94. The van der Waals surface area contributed by atoms with E-state index in [4.69, 9.17) is 9.47 Å². The number of thiophene rings is 1. The van der Waals surface area contributed by atoms with E-state index in [0.29, 0.717) is 43.0 Å². The van der Waals surface area contributed by atoms with E-state index in [2.05, 4.69) is 10.6 Å². The Bertz CT molecular complexity index is 1240. The summed E-state index contributed by atoms with van der Waals surface area (Å²) < 4.78 is 10.6. The predicted molar refractivity (Wildman–Crippen MR) is 127 cm³/mol. The van der Waals surface area contributed by atoms with E-state index in [1.54, 1.807) is 48.2 Å². The number of nitrogens with zero attached hydrogens (tertiary/aromatic N) is 1. The molecule has 8 nitrogen and oxygen atoms in total. The van der Waals surface area contributed by atoms with Crippen molar-refractivity contribution < 1.29 is 23.9 Å². The Kier molecular flexibility index (Phi) is 5.93. The number of fused-ring (bicyclic) bond motifs is 3. The summed E-state index contributed by atoms with van der Waals surface area (Å²) in [5, 5.41) is 7.20. The highest BCUT2D eigenvalue weighted by Crippen LogP contribution is 2.41. The molecule has 0 radical (unpaired) electrons. The van der Waals surface area contributed by atoms with Gasteiger partial charge in [0.1, 0.15) is 16.9 Å². The quantitative estimate of drug-likeness (QED) is 0.429. The second-order valence-corrected chi connectivity index (χ2v) is 9.06. The molecule has 5 rings (SSSR count). The Hall–Kier alpha value is -3.85. The summed E-state index contributed by atoms with van der Waals surface area (Å²) in [6.45, 7) is 3.08. The normalized spacial score (nSPS) is 16.6. The second kappa shape index (κ2) is 9.18. The molecule has 2 amide bonds. The third-order valence-electron chi connectivity index (χ3n) is 5.79. The Morgan fingerprint density at radius 3 is 2.59 bits per heavy atom. The maximum Gasteiger partial charge on any atom is 0.410 e. The van der Waals surface area contributed by atoms with Crippen molar-refractivity contribution in [3.8, 4) is 5.75 Å². The van der Waals surface area contributed by atoms with Crippen LogP contribution in [0.4, 0.5) is 9.80 Å². The number of anilines is 1. The van der Waals surface area contributed by atoms with Crippen molar-refractivity contribution >= 4 is 34.3 Å². The minimum Gasteiger partial charge on any atom is -0.450 e. The van der Waals surface area contributed by atoms with Crippen molar-refractivity contribution in [1.29, 1.82) is 0 Å². The summed E-state index contributed by atoms with van der Waals surface area (Å²) >= 11 is 1.50. The van der Waals surface area contributed by atoms with E-state index in [9.17, 15) is 14.4 Å². The Balaban J connectivity index is 1.29. The average molecular weight is 478 g/mol. The zero-order valence-electron chi connectivity index (χ0n) is 18.5. The van der Waals surface area contributed by atoms with Gasteiger partial charge >= 0.3 is 12.1 Å². The van der Waals surface area contributed by atoms with Crippen LogP contribution in [0.3, 0.4) is 0 Å². The molecule has 9 heteroatoms. The summed E-state index contributed by atoms with van der Waals surface area (Å²) in [7, 11) is 0. The monoisotopic (exact) mass is 477 g/mol. The molecular formula is C25H23N3O5S. The molecule has 2 N–H and O–H groups in total. The summed E-state index contributed by atoms with van der Waals surface area (Å²) in [5.74, 6) is -0.144. The molecule has 0 unspecified atom stereocenters. The standard InChI is InChI=1S/C25H23N3O5S/c1-2-32-25(31)28-13-12-18-19(14-28)34-23-20(18)22(29)26-21(27-23)15-8-10-17(11-9-15)33-24(30)16-6-4-3-5-7-16/h3-11,21,27H,2,12-14H2,1H3,(H,26,29)/t21-/m1/s1. The summed E-state index contributed by atoms with van der Waals surface area (Å²) in [4.78, 5) is 40.0. The van der Waals surface area contributed by atoms with Crippen molar-refractivity contribution in [3.63, 3.8) is 0 Å². The number of nitrogens with one attached hydrogen (secondary N) is 2. The fourth-order valence-corrected chi connectivity index (χ4v) is 5.41. The van der Waals surface area contributed by atoms with Crippen LogP contribution in [0.1, 0.15) is 49.8 Å². The van der Waals surface area contributed by atoms with Gasteiger partial charge in [-0.3, -0.25) is 4.79 Å². The number of carbonyl (C=O) groups excluding carboxylic acids is 3. The van der Waals surface area contributed by atoms with Crippen LogP contribution in [-0.2, 0) is 17.7 Å². The van der Waals surface area contributed by atoms with Crippen LogP contribution in [0.5, 0.6) is 5.75 Å². The smallest absolute Gasteiger partial charge is 0.410 e. The third kappa shape index (κ3) is 4.22. The highest BCUT2D eigenvalue weighted by molar-refractivity contribution is 7.16. The van der Waals surface area contributed by atoms with Crippen LogP contribution >= 0.6 is 11.3 Å². The highest BCUT2D eigenvalue weighted by Gasteiger charge is 2.34. The second-order valence-electron chi connectivity index (χ2n) is 7.95. The lowest BCUT2D eigenvalue weighted by Gasteiger charge is -2.28. The Morgan fingerprint density at radius 2 is 1.85 bits per heavy atom. The number of ether oxygens (including phenoxy) is 2. The van der Waals surface area contributed by atoms with Crippen molar-refractivity contribution in [2.75, 3.05) is 18.5 Å². The molecule has 174 valence electrons. The lowest BCUT2D eigenvalue weighted by molar-refractivity contribution is 0.0734. The molecule has 3 heterocycles. The molecular weight excluding hydrogens is 454 g/mol. The van der Waals surface area contributed by atoms with Gasteiger partial charge in [-0.05, 0) is 48.7 Å². The van der Waals surface area contributed by atoms with E-state index in [1.807, 2.05) is 18.2 Å². The minimum atomic E-state index is -0.428. The van der Waals surface area contributed by atoms with Gasteiger partial charge in [0.05, 0.1) is 24.3 Å². The number of carbonyl (C=O) groups is 3. The summed E-state index contributed by atoms with van der Waals surface area (Å²) in [6, 6.07) is 15.8. The Morgan fingerprint density at radius 1 is 1.09 bits per heavy atom. The van der Waals surface area contributed by atoms with E-state index >= 15 is 0 Å². The van der Waals surface area contributed by atoms with Crippen LogP contribution in [0.15, 0.2) is 54.6 Å². The van der Waals surface area contributed by atoms with E-state index in [1.165, 1.54) is 11.3 Å². The van der Waals surface area contributed by atoms with Crippen molar-refractivity contribution in [1.82, 2.24) is 10.2 Å². The number of esters is 1. The van der Waals surface area contributed by atoms with E-state index in [-0.39, 0.29) is 12.0 Å². The van der Waals surface area contributed by atoms with Crippen molar-refractivity contribution in [2.24, 2.45) is 0 Å². The molecule has 0 fully saturated rings. The molecule has 0 saturated carbocycles. The van der Waals surface area contributed by atoms with Gasteiger partial charge in [-0.25, -0.2) is 9.59 Å². The lowest BCUT2D eigenvalue weighted by Crippen LogP contribution is -2.39. The molecule has 0 saturated heterocycles. The number of rotatable bonds is 4. The maximum atomic E-state index is 13.0. The predicted octanol–water partition coefficient (Wildman–Crippen LogP) is 4.34. The zero-order valence-corrected chi connectivity index (χ0v) is 19.3. The molecule has 1 atom stereocenters. The number of hydrogen-bond donors (Lipinski definition) is 2. The molecule has 2 aliphatic rings. The van der Waals surface area contributed by atoms with E-state index in [0.717, 1.165) is 21.0 Å². The molecule has 1 aromatic heterocycles. The molecule has 2 aromatic carbocycles. The van der Waals surface area contributed by atoms with Crippen LogP contribution in [0.25, 0.3) is 0 Å². The van der Waals surface area contributed by atoms with Gasteiger partial charge in [0, 0.05) is 11.4 Å². The van der Waals surface area contributed by atoms with Crippen LogP contribution < -0.4 is 15.4 Å². The maximum absolute atomic E-state index is 13.0. The first-order valence-electron chi connectivity index (χ1n) is 11.0. The fourth-order valence-electron chi connectivity index (χ4n) is 4.12. The molecule has 2 aliphatic heterocycles. The molecule has 0 aliphatic carbocycles. The van der Waals surface area contributed by atoms with Crippen molar-refractivity contribution in [2.45, 2.75) is 26.1 Å². The van der Waals surface area contributed by atoms with Gasteiger partial charge in [-0.2, -0.15) is 0 Å².